The number of amides is 1. The fourth-order valence-electron chi connectivity index (χ4n) is 2.68. The number of carbonyl (C=O) groups excluding carboxylic acids is 1. The SMILES string of the molecule is CCCNC(CC)CCCN1CCCC(C)C1=O. The Bertz CT molecular complexity index is 243. The van der Waals surface area contributed by atoms with Gasteiger partial charge in [0.2, 0.25) is 5.91 Å². The van der Waals surface area contributed by atoms with Gasteiger partial charge in [-0.2, -0.15) is 0 Å². The van der Waals surface area contributed by atoms with Crippen LogP contribution in [0.15, 0.2) is 0 Å². The lowest BCUT2D eigenvalue weighted by molar-refractivity contribution is -0.137. The Labute approximate surface area is 112 Å². The maximum Gasteiger partial charge on any atom is 0.225 e. The summed E-state index contributed by atoms with van der Waals surface area (Å²) in [5, 5.41) is 3.57. The van der Waals surface area contributed by atoms with Crippen LogP contribution in [-0.2, 0) is 4.79 Å². The van der Waals surface area contributed by atoms with Crippen LogP contribution in [0.3, 0.4) is 0 Å². The van der Waals surface area contributed by atoms with E-state index in [1.54, 1.807) is 0 Å². The zero-order valence-electron chi connectivity index (χ0n) is 12.4. The molecule has 2 atom stereocenters. The maximum absolute atomic E-state index is 12.0. The average molecular weight is 254 g/mol. The molecule has 0 aromatic carbocycles. The molecule has 1 rings (SSSR count). The summed E-state index contributed by atoms with van der Waals surface area (Å²) in [6.07, 6.45) is 6.95. The van der Waals surface area contributed by atoms with Gasteiger partial charge in [-0.25, -0.2) is 0 Å². The molecule has 1 saturated heterocycles. The number of hydrogen-bond acceptors (Lipinski definition) is 2. The monoisotopic (exact) mass is 254 g/mol. The lowest BCUT2D eigenvalue weighted by Crippen LogP contribution is -2.41. The number of nitrogens with zero attached hydrogens (tertiary/aromatic N) is 1. The predicted molar refractivity (Wildman–Crippen MR) is 76.6 cm³/mol. The van der Waals surface area contributed by atoms with E-state index in [-0.39, 0.29) is 5.92 Å². The van der Waals surface area contributed by atoms with E-state index in [0.717, 1.165) is 32.5 Å². The van der Waals surface area contributed by atoms with Crippen LogP contribution < -0.4 is 5.32 Å². The van der Waals surface area contributed by atoms with E-state index in [4.69, 9.17) is 0 Å². The summed E-state index contributed by atoms with van der Waals surface area (Å²) in [5.41, 5.74) is 0. The Morgan fingerprint density at radius 2 is 2.22 bits per heavy atom. The third kappa shape index (κ3) is 4.97. The smallest absolute Gasteiger partial charge is 0.225 e. The minimum atomic E-state index is 0.249. The zero-order chi connectivity index (χ0) is 13.4. The highest BCUT2D eigenvalue weighted by Crippen LogP contribution is 2.17. The number of carbonyl (C=O) groups is 1. The Balaban J connectivity index is 2.21. The Hall–Kier alpha value is -0.570. The standard InChI is InChI=1S/C15H30N2O/c1-4-10-16-14(5-2)9-7-12-17-11-6-8-13(3)15(17)18/h13-14,16H,4-12H2,1-3H3. The van der Waals surface area contributed by atoms with E-state index < -0.39 is 0 Å². The molecule has 0 bridgehead atoms. The van der Waals surface area contributed by atoms with Gasteiger partial charge in [0, 0.05) is 25.0 Å². The lowest BCUT2D eigenvalue weighted by atomic mass is 9.98. The van der Waals surface area contributed by atoms with Crippen molar-refractivity contribution in [1.29, 1.82) is 0 Å². The third-order valence-electron chi connectivity index (χ3n) is 3.95. The molecule has 1 fully saturated rings. The van der Waals surface area contributed by atoms with Gasteiger partial charge in [-0.15, -0.1) is 0 Å². The molecule has 0 radical (unpaired) electrons. The van der Waals surface area contributed by atoms with Crippen molar-refractivity contribution in [3.05, 3.63) is 0 Å². The van der Waals surface area contributed by atoms with Gasteiger partial charge >= 0.3 is 0 Å². The van der Waals surface area contributed by atoms with E-state index in [9.17, 15) is 4.79 Å². The second-order valence-electron chi connectivity index (χ2n) is 5.57. The molecule has 18 heavy (non-hydrogen) atoms. The van der Waals surface area contributed by atoms with E-state index in [1.165, 1.54) is 25.7 Å². The molecule has 0 aliphatic carbocycles. The first-order chi connectivity index (χ1) is 8.69. The van der Waals surface area contributed by atoms with Crippen molar-refractivity contribution < 1.29 is 4.79 Å². The fraction of sp³-hybridized carbons (Fsp3) is 0.933. The largest absolute Gasteiger partial charge is 0.342 e. The summed E-state index contributed by atoms with van der Waals surface area (Å²) < 4.78 is 0. The van der Waals surface area contributed by atoms with Crippen molar-refractivity contribution in [2.45, 2.75) is 65.3 Å². The average Bonchev–Trinajstić information content (AvgIpc) is 2.38. The molecular weight excluding hydrogens is 224 g/mol. The molecular formula is C15H30N2O. The molecule has 106 valence electrons. The number of nitrogens with one attached hydrogen (secondary N) is 1. The number of rotatable bonds is 8. The van der Waals surface area contributed by atoms with Crippen molar-refractivity contribution >= 4 is 5.91 Å². The van der Waals surface area contributed by atoms with Crippen LogP contribution in [-0.4, -0.2) is 36.5 Å². The first kappa shape index (κ1) is 15.5. The molecule has 0 saturated carbocycles. The summed E-state index contributed by atoms with van der Waals surface area (Å²) >= 11 is 0. The maximum atomic E-state index is 12.0. The van der Waals surface area contributed by atoms with Gasteiger partial charge < -0.3 is 10.2 Å². The van der Waals surface area contributed by atoms with Crippen LogP contribution in [0.1, 0.15) is 59.3 Å². The molecule has 1 N–H and O–H groups in total. The second kappa shape index (κ2) is 8.52. The van der Waals surface area contributed by atoms with Crippen LogP contribution in [0.2, 0.25) is 0 Å². The van der Waals surface area contributed by atoms with Crippen molar-refractivity contribution in [2.75, 3.05) is 19.6 Å². The van der Waals surface area contributed by atoms with Gasteiger partial charge in [0.25, 0.3) is 0 Å². The van der Waals surface area contributed by atoms with Crippen molar-refractivity contribution in [3.63, 3.8) is 0 Å². The van der Waals surface area contributed by atoms with Crippen LogP contribution in [0.25, 0.3) is 0 Å². The van der Waals surface area contributed by atoms with Gasteiger partial charge in [-0.1, -0.05) is 20.8 Å². The molecule has 0 aromatic heterocycles. The second-order valence-corrected chi connectivity index (χ2v) is 5.57. The van der Waals surface area contributed by atoms with Gasteiger partial charge in [0.15, 0.2) is 0 Å². The summed E-state index contributed by atoms with van der Waals surface area (Å²) in [7, 11) is 0. The highest BCUT2D eigenvalue weighted by Gasteiger charge is 2.24. The van der Waals surface area contributed by atoms with Gasteiger partial charge in [0.1, 0.15) is 0 Å². The summed E-state index contributed by atoms with van der Waals surface area (Å²) in [5.74, 6) is 0.620. The Morgan fingerprint density at radius 3 is 2.89 bits per heavy atom. The topological polar surface area (TPSA) is 32.3 Å². The van der Waals surface area contributed by atoms with E-state index in [0.29, 0.717) is 11.9 Å². The summed E-state index contributed by atoms with van der Waals surface area (Å²) in [6, 6.07) is 0.627. The molecule has 1 amide bonds. The predicted octanol–water partition coefficient (Wildman–Crippen LogP) is 2.80. The van der Waals surface area contributed by atoms with Gasteiger partial charge in [-0.05, 0) is 45.1 Å². The molecule has 1 heterocycles. The van der Waals surface area contributed by atoms with Gasteiger partial charge in [0.05, 0.1) is 0 Å². The minimum absolute atomic E-state index is 0.249. The molecule has 3 nitrogen and oxygen atoms in total. The first-order valence-corrected chi connectivity index (χ1v) is 7.71. The summed E-state index contributed by atoms with van der Waals surface area (Å²) in [6.45, 7) is 9.54. The van der Waals surface area contributed by atoms with E-state index in [1.807, 2.05) is 0 Å². The van der Waals surface area contributed by atoms with Crippen molar-refractivity contribution in [3.8, 4) is 0 Å². The zero-order valence-corrected chi connectivity index (χ0v) is 12.4. The van der Waals surface area contributed by atoms with Crippen LogP contribution in [0, 0.1) is 5.92 Å². The molecule has 0 spiro atoms. The Morgan fingerprint density at radius 1 is 1.44 bits per heavy atom. The highest BCUT2D eigenvalue weighted by atomic mass is 16.2. The summed E-state index contributed by atoms with van der Waals surface area (Å²) in [4.78, 5) is 14.0. The lowest BCUT2D eigenvalue weighted by Gasteiger charge is -2.31. The highest BCUT2D eigenvalue weighted by molar-refractivity contribution is 5.79. The third-order valence-corrected chi connectivity index (χ3v) is 3.95. The van der Waals surface area contributed by atoms with Gasteiger partial charge in [-0.3, -0.25) is 4.79 Å². The molecule has 1 aliphatic heterocycles. The van der Waals surface area contributed by atoms with Crippen LogP contribution >= 0.6 is 0 Å². The fourth-order valence-corrected chi connectivity index (χ4v) is 2.68. The van der Waals surface area contributed by atoms with E-state index in [2.05, 4.69) is 31.0 Å². The molecule has 3 heteroatoms. The molecule has 0 aromatic rings. The van der Waals surface area contributed by atoms with Crippen LogP contribution in [0.4, 0.5) is 0 Å². The normalized spacial score (nSPS) is 22.3. The quantitative estimate of drug-likeness (QED) is 0.722. The molecule has 1 aliphatic rings. The molecule has 2 unspecified atom stereocenters. The Kier molecular flexibility index (Phi) is 7.33. The minimum Gasteiger partial charge on any atom is -0.342 e. The van der Waals surface area contributed by atoms with Crippen molar-refractivity contribution in [2.24, 2.45) is 5.92 Å². The van der Waals surface area contributed by atoms with E-state index >= 15 is 0 Å². The number of likely N-dealkylation sites (tertiary alicyclic amines) is 1. The number of hydrogen-bond donors (Lipinski definition) is 1. The first-order valence-electron chi connectivity index (χ1n) is 7.71. The number of piperidine rings is 1. The van der Waals surface area contributed by atoms with Crippen molar-refractivity contribution in [1.82, 2.24) is 10.2 Å². The van der Waals surface area contributed by atoms with Crippen LogP contribution in [0.5, 0.6) is 0 Å².